The van der Waals surface area contributed by atoms with Gasteiger partial charge in [-0.2, -0.15) is 4.98 Å². The summed E-state index contributed by atoms with van der Waals surface area (Å²) in [6.45, 7) is 6.97. The van der Waals surface area contributed by atoms with Gasteiger partial charge in [-0.1, -0.05) is 0 Å². The Kier molecular flexibility index (Phi) is 4.99. The van der Waals surface area contributed by atoms with Gasteiger partial charge in [0.05, 0.1) is 25.4 Å². The molecule has 0 bridgehead atoms. The van der Waals surface area contributed by atoms with Gasteiger partial charge in [-0.25, -0.2) is 0 Å². The summed E-state index contributed by atoms with van der Waals surface area (Å²) in [6, 6.07) is 4.13. The fraction of sp³-hybridized carbons (Fsp3) is 0.471. The number of aryl methyl sites for hydroxylation is 1. The first-order valence-corrected chi connectivity index (χ1v) is 8.86. The first-order chi connectivity index (χ1) is 11.6. The number of nitrogens with zero attached hydrogens (tertiary/aromatic N) is 4. The highest BCUT2D eigenvalue weighted by Gasteiger charge is 2.27. The van der Waals surface area contributed by atoms with Gasteiger partial charge in [0.2, 0.25) is 11.8 Å². The van der Waals surface area contributed by atoms with Crippen LogP contribution in [0.1, 0.15) is 22.6 Å². The number of hydrogen-bond donors (Lipinski definition) is 0. The zero-order valence-corrected chi connectivity index (χ0v) is 15.0. The lowest BCUT2D eigenvalue weighted by molar-refractivity contribution is -0.132. The first-order valence-electron chi connectivity index (χ1n) is 8.04. The van der Waals surface area contributed by atoms with E-state index in [0.717, 1.165) is 23.8 Å². The molecule has 2 aromatic rings. The number of carbonyl (C=O) groups is 1. The van der Waals surface area contributed by atoms with Crippen LogP contribution in [0.25, 0.3) is 0 Å². The molecule has 0 unspecified atom stereocenters. The largest absolute Gasteiger partial charge is 0.480 e. The molecule has 1 amide bonds. The summed E-state index contributed by atoms with van der Waals surface area (Å²) in [7, 11) is 1.58. The number of aromatic nitrogens is 2. The van der Waals surface area contributed by atoms with E-state index in [9.17, 15) is 4.79 Å². The molecular weight excluding hydrogens is 324 g/mol. The molecule has 1 atom stereocenters. The number of rotatable bonds is 4. The van der Waals surface area contributed by atoms with Crippen LogP contribution in [-0.2, 0) is 4.79 Å². The van der Waals surface area contributed by atoms with E-state index in [0.29, 0.717) is 19.0 Å². The van der Waals surface area contributed by atoms with E-state index in [2.05, 4.69) is 33.9 Å². The van der Waals surface area contributed by atoms with Crippen molar-refractivity contribution in [3.63, 3.8) is 0 Å². The van der Waals surface area contributed by atoms with E-state index < -0.39 is 0 Å². The van der Waals surface area contributed by atoms with Crippen molar-refractivity contribution >= 4 is 23.1 Å². The second-order valence-electron chi connectivity index (χ2n) is 5.90. The van der Waals surface area contributed by atoms with Crippen LogP contribution in [0.2, 0.25) is 0 Å². The Morgan fingerprint density at radius 1 is 1.25 bits per heavy atom. The van der Waals surface area contributed by atoms with Crippen molar-refractivity contribution < 1.29 is 9.53 Å². The number of carbonyl (C=O) groups excluding carboxylic acids is 1. The smallest absolute Gasteiger partial charge is 0.233 e. The van der Waals surface area contributed by atoms with Crippen molar-refractivity contribution in [2.75, 3.05) is 38.2 Å². The second kappa shape index (κ2) is 7.17. The van der Waals surface area contributed by atoms with Crippen molar-refractivity contribution in [2.24, 2.45) is 0 Å². The van der Waals surface area contributed by atoms with Crippen molar-refractivity contribution in [1.29, 1.82) is 0 Å². The highest BCUT2D eigenvalue weighted by Crippen LogP contribution is 2.26. The van der Waals surface area contributed by atoms with Gasteiger partial charge in [-0.3, -0.25) is 9.78 Å². The molecule has 0 N–H and O–H groups in total. The van der Waals surface area contributed by atoms with Crippen molar-refractivity contribution in [2.45, 2.75) is 19.8 Å². The third-order valence-electron chi connectivity index (χ3n) is 4.28. The molecule has 7 heteroatoms. The van der Waals surface area contributed by atoms with Crippen LogP contribution in [0.5, 0.6) is 5.88 Å². The van der Waals surface area contributed by atoms with Gasteiger partial charge >= 0.3 is 0 Å². The summed E-state index contributed by atoms with van der Waals surface area (Å²) in [5.74, 6) is 1.43. The van der Waals surface area contributed by atoms with Crippen molar-refractivity contribution in [3.05, 3.63) is 34.3 Å². The summed E-state index contributed by atoms with van der Waals surface area (Å²) >= 11 is 1.70. The summed E-state index contributed by atoms with van der Waals surface area (Å²) in [5.41, 5.74) is 0. The van der Waals surface area contributed by atoms with Crippen LogP contribution < -0.4 is 9.64 Å². The first kappa shape index (κ1) is 16.7. The van der Waals surface area contributed by atoms with Gasteiger partial charge in [0, 0.05) is 35.9 Å². The second-order valence-corrected chi connectivity index (χ2v) is 7.22. The van der Waals surface area contributed by atoms with Crippen LogP contribution >= 0.6 is 11.3 Å². The Morgan fingerprint density at radius 3 is 2.62 bits per heavy atom. The van der Waals surface area contributed by atoms with E-state index in [1.165, 1.54) is 4.88 Å². The van der Waals surface area contributed by atoms with E-state index >= 15 is 0 Å². The maximum absolute atomic E-state index is 12.7. The van der Waals surface area contributed by atoms with Crippen LogP contribution in [0.15, 0.2) is 24.5 Å². The number of anilines is 1. The topological polar surface area (TPSA) is 58.6 Å². The Bertz CT molecular complexity index is 710. The minimum atomic E-state index is -0.0770. The molecule has 6 nitrogen and oxygen atoms in total. The average Bonchev–Trinajstić information content (AvgIpc) is 3.07. The minimum absolute atomic E-state index is 0.0770. The Hall–Kier alpha value is -2.15. The Labute approximate surface area is 146 Å². The van der Waals surface area contributed by atoms with E-state index in [1.54, 1.807) is 30.8 Å². The quantitative estimate of drug-likeness (QED) is 0.850. The van der Waals surface area contributed by atoms with Crippen LogP contribution in [0, 0.1) is 6.92 Å². The highest BCUT2D eigenvalue weighted by atomic mass is 32.1. The van der Waals surface area contributed by atoms with Crippen molar-refractivity contribution in [1.82, 2.24) is 14.9 Å². The number of amides is 1. The predicted molar refractivity (Wildman–Crippen MR) is 94.8 cm³/mol. The number of ether oxygens (including phenoxy) is 1. The van der Waals surface area contributed by atoms with Gasteiger partial charge in [-0.15, -0.1) is 11.3 Å². The summed E-state index contributed by atoms with van der Waals surface area (Å²) in [5, 5.41) is 0. The molecule has 3 heterocycles. The summed E-state index contributed by atoms with van der Waals surface area (Å²) in [4.78, 5) is 27.7. The fourth-order valence-corrected chi connectivity index (χ4v) is 3.75. The lowest BCUT2D eigenvalue weighted by Crippen LogP contribution is -2.50. The SMILES string of the molecule is COc1cncc(N2CCN(C(=O)[C@@H](C)c3ccc(C)s3)CC2)n1. The molecule has 1 saturated heterocycles. The van der Waals surface area contributed by atoms with E-state index in [1.807, 2.05) is 11.8 Å². The standard InChI is InChI=1S/C17H22N4O2S/c1-12-4-5-14(24-12)13(2)17(22)21-8-6-20(7-9-21)15-10-18-11-16(19-15)23-3/h4-5,10-11,13H,6-9H2,1-3H3/t13-/m0/s1. The molecule has 2 aromatic heterocycles. The zero-order valence-electron chi connectivity index (χ0n) is 14.2. The Morgan fingerprint density at radius 2 is 2.00 bits per heavy atom. The monoisotopic (exact) mass is 346 g/mol. The molecule has 24 heavy (non-hydrogen) atoms. The summed E-state index contributed by atoms with van der Waals surface area (Å²) in [6.07, 6.45) is 3.32. The maximum Gasteiger partial charge on any atom is 0.233 e. The van der Waals surface area contributed by atoms with Gasteiger partial charge in [0.25, 0.3) is 0 Å². The molecule has 0 aromatic carbocycles. The molecule has 1 aliphatic rings. The third-order valence-corrected chi connectivity index (χ3v) is 5.47. The number of thiophene rings is 1. The molecule has 1 fully saturated rings. The number of methoxy groups -OCH3 is 1. The van der Waals surface area contributed by atoms with E-state index in [4.69, 9.17) is 4.74 Å². The van der Waals surface area contributed by atoms with Crippen LogP contribution in [0.4, 0.5) is 5.82 Å². The molecule has 0 spiro atoms. The van der Waals surface area contributed by atoms with Gasteiger partial charge in [0.15, 0.2) is 5.82 Å². The molecule has 0 radical (unpaired) electrons. The normalized spacial score (nSPS) is 16.1. The molecule has 0 saturated carbocycles. The predicted octanol–water partition coefficient (Wildman–Crippen LogP) is 2.31. The lowest BCUT2D eigenvalue weighted by Gasteiger charge is -2.36. The van der Waals surface area contributed by atoms with Gasteiger partial charge < -0.3 is 14.5 Å². The average molecular weight is 346 g/mol. The maximum atomic E-state index is 12.7. The molecule has 0 aliphatic carbocycles. The number of piperazine rings is 1. The molecular formula is C17H22N4O2S. The fourth-order valence-electron chi connectivity index (χ4n) is 2.83. The lowest BCUT2D eigenvalue weighted by atomic mass is 10.1. The van der Waals surface area contributed by atoms with Gasteiger partial charge in [-0.05, 0) is 26.0 Å². The van der Waals surface area contributed by atoms with E-state index in [-0.39, 0.29) is 11.8 Å². The summed E-state index contributed by atoms with van der Waals surface area (Å²) < 4.78 is 5.12. The van der Waals surface area contributed by atoms with Crippen molar-refractivity contribution in [3.8, 4) is 5.88 Å². The van der Waals surface area contributed by atoms with Crippen LogP contribution in [0.3, 0.4) is 0 Å². The third kappa shape index (κ3) is 3.51. The highest BCUT2D eigenvalue weighted by molar-refractivity contribution is 7.12. The molecule has 3 rings (SSSR count). The van der Waals surface area contributed by atoms with Crippen LogP contribution in [-0.4, -0.2) is 54.1 Å². The van der Waals surface area contributed by atoms with Gasteiger partial charge in [0.1, 0.15) is 0 Å². The molecule has 128 valence electrons. The molecule has 1 aliphatic heterocycles. The number of hydrogen-bond acceptors (Lipinski definition) is 6. The Balaban J connectivity index is 1.61. The zero-order chi connectivity index (χ0) is 17.1. The minimum Gasteiger partial charge on any atom is -0.480 e.